The summed E-state index contributed by atoms with van der Waals surface area (Å²) in [6.45, 7) is 2.53. The minimum atomic E-state index is -0.914. The number of nitrogens with one attached hydrogen (secondary N) is 2. The Morgan fingerprint density at radius 3 is 2.74 bits per heavy atom. The number of hydrogen-bond acceptors (Lipinski definition) is 7. The van der Waals surface area contributed by atoms with E-state index in [0.717, 1.165) is 11.5 Å². The quantitative estimate of drug-likeness (QED) is 0.578. The van der Waals surface area contributed by atoms with E-state index in [2.05, 4.69) is 15.0 Å². The second-order valence-electron chi connectivity index (χ2n) is 4.94. The molecule has 1 heterocycles. The monoisotopic (exact) mass is 287 g/mol. The van der Waals surface area contributed by atoms with E-state index in [1.165, 1.54) is 7.05 Å². The molecule has 1 unspecified atom stereocenters. The third-order valence-corrected chi connectivity index (χ3v) is 3.28. The molecular weight excluding hydrogens is 266 g/mol. The van der Waals surface area contributed by atoms with Gasteiger partial charge in [0.05, 0.1) is 5.60 Å². The Morgan fingerprint density at radius 1 is 1.58 bits per heavy atom. The number of nitrogen functional groups attached to an aromatic ring is 1. The van der Waals surface area contributed by atoms with E-state index in [-0.39, 0.29) is 11.7 Å². The molecule has 19 heavy (non-hydrogen) atoms. The highest BCUT2D eigenvalue weighted by atomic mass is 32.1. The molecule has 7 nitrogen and oxygen atoms in total. The van der Waals surface area contributed by atoms with Crippen LogP contribution in [0.2, 0.25) is 0 Å². The fourth-order valence-corrected chi connectivity index (χ4v) is 2.48. The minimum absolute atomic E-state index is 0.194. The van der Waals surface area contributed by atoms with Gasteiger partial charge in [-0.15, -0.1) is 0 Å². The average molecular weight is 287 g/mol. The number of nitrogens with zero attached hydrogens (tertiary/aromatic N) is 2. The van der Waals surface area contributed by atoms with Crippen molar-refractivity contribution in [3.63, 3.8) is 0 Å². The van der Waals surface area contributed by atoms with Gasteiger partial charge in [0.2, 0.25) is 0 Å². The maximum absolute atomic E-state index is 11.7. The Hall–Kier alpha value is -1.38. The standard InChI is InChI=1S/C11H21N5O2S/c1-11(18,6-16(3)4)5-14-10-7(9(17)13-2)8(12)15-19-10/h14,18H,5-6H2,1-4H3,(H2,12,15)(H,13,17). The summed E-state index contributed by atoms with van der Waals surface area (Å²) in [5.74, 6) is -0.0971. The predicted molar refractivity (Wildman–Crippen MR) is 77.6 cm³/mol. The molecule has 5 N–H and O–H groups in total. The summed E-state index contributed by atoms with van der Waals surface area (Å²) in [6.07, 6.45) is 0. The first-order valence-corrected chi connectivity index (χ1v) is 6.62. The molecule has 0 fully saturated rings. The minimum Gasteiger partial charge on any atom is -0.387 e. The van der Waals surface area contributed by atoms with Crippen molar-refractivity contribution in [2.75, 3.05) is 45.3 Å². The number of anilines is 2. The Labute approximate surface area is 117 Å². The van der Waals surface area contributed by atoms with Crippen LogP contribution in [0.4, 0.5) is 10.8 Å². The number of carbonyl (C=O) groups excluding carboxylic acids is 1. The lowest BCUT2D eigenvalue weighted by atomic mass is 10.1. The SMILES string of the molecule is CNC(=O)c1c(N)nsc1NCC(C)(O)CN(C)C. The van der Waals surface area contributed by atoms with Crippen LogP contribution >= 0.6 is 11.5 Å². The molecule has 0 aliphatic heterocycles. The van der Waals surface area contributed by atoms with Crippen molar-refractivity contribution in [2.24, 2.45) is 0 Å². The smallest absolute Gasteiger partial charge is 0.257 e. The van der Waals surface area contributed by atoms with E-state index >= 15 is 0 Å². The van der Waals surface area contributed by atoms with Gasteiger partial charge in [-0.2, -0.15) is 4.37 Å². The van der Waals surface area contributed by atoms with Gasteiger partial charge in [-0.05, 0) is 32.6 Å². The van der Waals surface area contributed by atoms with Crippen LogP contribution in [0.5, 0.6) is 0 Å². The molecule has 0 spiro atoms. The average Bonchev–Trinajstić information content (AvgIpc) is 2.65. The van der Waals surface area contributed by atoms with Gasteiger partial charge < -0.3 is 26.4 Å². The van der Waals surface area contributed by atoms with Gasteiger partial charge in [0.15, 0.2) is 5.82 Å². The second kappa shape index (κ2) is 6.18. The van der Waals surface area contributed by atoms with Crippen LogP contribution < -0.4 is 16.4 Å². The molecule has 0 aromatic carbocycles. The molecule has 8 heteroatoms. The molecule has 0 aliphatic carbocycles. The first-order chi connectivity index (χ1) is 8.76. The van der Waals surface area contributed by atoms with E-state index in [4.69, 9.17) is 5.73 Å². The first kappa shape index (κ1) is 15.7. The van der Waals surface area contributed by atoms with Crippen molar-refractivity contribution in [3.05, 3.63) is 5.56 Å². The highest BCUT2D eigenvalue weighted by Gasteiger charge is 2.24. The molecule has 1 aromatic heterocycles. The van der Waals surface area contributed by atoms with Gasteiger partial charge in [-0.25, -0.2) is 0 Å². The molecule has 1 rings (SSSR count). The van der Waals surface area contributed by atoms with Gasteiger partial charge in [0, 0.05) is 20.1 Å². The summed E-state index contributed by atoms with van der Waals surface area (Å²) in [6, 6.07) is 0. The van der Waals surface area contributed by atoms with Gasteiger partial charge in [0.1, 0.15) is 10.6 Å². The number of amides is 1. The lowest BCUT2D eigenvalue weighted by molar-refractivity contribution is 0.0460. The van der Waals surface area contributed by atoms with Gasteiger partial charge in [0.25, 0.3) is 5.91 Å². The van der Waals surface area contributed by atoms with E-state index in [1.54, 1.807) is 6.92 Å². The van der Waals surface area contributed by atoms with E-state index in [0.29, 0.717) is 23.7 Å². The van der Waals surface area contributed by atoms with Crippen molar-refractivity contribution < 1.29 is 9.90 Å². The Kier molecular flexibility index (Phi) is 5.10. The number of carbonyl (C=O) groups is 1. The van der Waals surface area contributed by atoms with E-state index in [9.17, 15) is 9.90 Å². The van der Waals surface area contributed by atoms with Gasteiger partial charge in [-0.3, -0.25) is 4.79 Å². The van der Waals surface area contributed by atoms with Gasteiger partial charge >= 0.3 is 0 Å². The van der Waals surface area contributed by atoms with Gasteiger partial charge in [-0.1, -0.05) is 0 Å². The fourth-order valence-electron chi connectivity index (χ4n) is 1.78. The second-order valence-corrected chi connectivity index (χ2v) is 5.71. The zero-order valence-electron chi connectivity index (χ0n) is 11.6. The Balaban J connectivity index is 2.76. The number of aliphatic hydroxyl groups is 1. The lowest BCUT2D eigenvalue weighted by Crippen LogP contribution is -2.43. The van der Waals surface area contributed by atoms with E-state index in [1.807, 2.05) is 19.0 Å². The topological polar surface area (TPSA) is 104 Å². The molecule has 0 aliphatic rings. The summed E-state index contributed by atoms with van der Waals surface area (Å²) in [4.78, 5) is 13.6. The molecule has 1 atom stereocenters. The fraction of sp³-hybridized carbons (Fsp3) is 0.636. The maximum Gasteiger partial charge on any atom is 0.257 e. The van der Waals surface area contributed by atoms with Crippen LogP contribution in [-0.4, -0.2) is 60.1 Å². The van der Waals surface area contributed by atoms with Crippen LogP contribution in [0, 0.1) is 0 Å². The summed E-state index contributed by atoms with van der Waals surface area (Å²) in [5, 5.41) is 16.3. The highest BCUT2D eigenvalue weighted by molar-refractivity contribution is 7.11. The van der Waals surface area contributed by atoms with Crippen molar-refractivity contribution in [1.82, 2.24) is 14.6 Å². The molecule has 0 bridgehead atoms. The van der Waals surface area contributed by atoms with Crippen molar-refractivity contribution in [1.29, 1.82) is 0 Å². The van der Waals surface area contributed by atoms with E-state index < -0.39 is 5.60 Å². The molecular formula is C11H21N5O2S. The number of nitrogens with two attached hydrogens (primary N) is 1. The molecule has 0 radical (unpaired) electrons. The summed E-state index contributed by atoms with van der Waals surface area (Å²) in [7, 11) is 5.30. The van der Waals surface area contributed by atoms with Crippen LogP contribution in [0.3, 0.4) is 0 Å². The molecule has 1 aromatic rings. The number of rotatable bonds is 6. The van der Waals surface area contributed by atoms with Crippen LogP contribution in [0.15, 0.2) is 0 Å². The summed E-state index contributed by atoms with van der Waals surface area (Å²) in [5.41, 5.74) is 5.08. The molecule has 1 amide bonds. The summed E-state index contributed by atoms with van der Waals surface area (Å²) >= 11 is 1.11. The molecule has 0 saturated heterocycles. The number of hydrogen-bond donors (Lipinski definition) is 4. The van der Waals surface area contributed by atoms with Crippen LogP contribution in [-0.2, 0) is 0 Å². The Bertz CT molecular complexity index is 444. The van der Waals surface area contributed by atoms with Crippen molar-refractivity contribution >= 4 is 28.3 Å². The normalized spacial score (nSPS) is 14.2. The third-order valence-electron chi connectivity index (χ3n) is 2.46. The largest absolute Gasteiger partial charge is 0.387 e. The molecule has 108 valence electrons. The van der Waals surface area contributed by atoms with Crippen molar-refractivity contribution in [2.45, 2.75) is 12.5 Å². The zero-order chi connectivity index (χ0) is 14.6. The molecule has 0 saturated carbocycles. The Morgan fingerprint density at radius 2 is 2.21 bits per heavy atom. The lowest BCUT2D eigenvalue weighted by Gasteiger charge is -2.27. The third kappa shape index (κ3) is 4.34. The maximum atomic E-state index is 11.7. The summed E-state index contributed by atoms with van der Waals surface area (Å²) < 4.78 is 3.95. The zero-order valence-corrected chi connectivity index (χ0v) is 12.5. The number of likely N-dealkylation sites (N-methyl/N-ethyl adjacent to an activating group) is 1. The first-order valence-electron chi connectivity index (χ1n) is 5.85. The highest BCUT2D eigenvalue weighted by Crippen LogP contribution is 2.27. The number of aromatic nitrogens is 1. The van der Waals surface area contributed by atoms with Crippen molar-refractivity contribution in [3.8, 4) is 0 Å². The predicted octanol–water partition coefficient (Wildman–Crippen LogP) is -0.191. The van der Waals surface area contributed by atoms with Crippen LogP contribution in [0.25, 0.3) is 0 Å². The van der Waals surface area contributed by atoms with Crippen LogP contribution in [0.1, 0.15) is 17.3 Å².